The predicted octanol–water partition coefficient (Wildman–Crippen LogP) is 14.9. The van der Waals surface area contributed by atoms with Crippen molar-refractivity contribution in [2.24, 2.45) is 0 Å². The Morgan fingerprint density at radius 3 is 1.36 bits per heavy atom. The first kappa shape index (κ1) is 61.9. The molecule has 0 fully saturated rings. The monoisotopic (exact) mass is 917 g/mol. The Bertz CT molecular complexity index is 1270. The second-order valence-corrected chi connectivity index (χ2v) is 20.3. The third kappa shape index (κ3) is 47.9. The summed E-state index contributed by atoms with van der Waals surface area (Å²) in [6, 6.07) is -0.881. The van der Waals surface area contributed by atoms with Crippen LogP contribution in [0.1, 0.15) is 219 Å². The van der Waals surface area contributed by atoms with Crippen molar-refractivity contribution in [3.8, 4) is 0 Å². The number of hydrogen-bond acceptors (Lipinski definition) is 6. The minimum atomic E-state index is -4.57. The summed E-state index contributed by atoms with van der Waals surface area (Å²) in [5.74, 6) is -0.209. The molecule has 0 aromatic heterocycles. The van der Waals surface area contributed by atoms with E-state index in [1.54, 1.807) is 6.08 Å². The molecule has 0 aliphatic heterocycles. The van der Waals surface area contributed by atoms with Gasteiger partial charge in [0.1, 0.15) is 13.2 Å². The van der Waals surface area contributed by atoms with E-state index < -0.39 is 20.0 Å². The number of unbranched alkanes of at least 4 members (excludes halogenated alkanes) is 24. The Morgan fingerprint density at radius 1 is 0.562 bits per heavy atom. The van der Waals surface area contributed by atoms with Gasteiger partial charge in [0.05, 0.1) is 39.9 Å². The van der Waals surface area contributed by atoms with Crippen molar-refractivity contribution in [1.29, 1.82) is 0 Å². The van der Waals surface area contributed by atoms with E-state index in [0.717, 1.165) is 64.2 Å². The van der Waals surface area contributed by atoms with Crippen LogP contribution in [-0.4, -0.2) is 68.5 Å². The van der Waals surface area contributed by atoms with Crippen molar-refractivity contribution >= 4 is 13.7 Å². The summed E-state index contributed by atoms with van der Waals surface area (Å²) in [6.45, 7) is 4.31. The first-order valence-electron chi connectivity index (χ1n) is 26.3. The standard InChI is InChI=1S/C55H101N2O6P/c1-6-8-10-11-12-13-14-15-16-17-18-19-20-21-22-23-24-25-26-27-28-29-30-31-32-33-34-35-36-37-38-39-40-41-42-43-44-45-47-49-55(59)56-53(54(58)48-46-9-7-2)52-63-64(60,61)62-51-50-57(3,4)5/h8,10,12-13,15-16,18-19,21-22,46,48,53-54,58H,6-7,9,11,14,17,20,23-45,47,49-52H2,1-5H3,(H-,56,59,60,61)/b10-8-,13-12-,16-15-,19-18-,22-21-,48-46+. The van der Waals surface area contributed by atoms with Crippen molar-refractivity contribution in [2.45, 2.75) is 231 Å². The van der Waals surface area contributed by atoms with Crippen LogP contribution < -0.4 is 10.2 Å². The number of likely N-dealkylation sites (N-methyl/N-ethyl adjacent to an activating group) is 1. The van der Waals surface area contributed by atoms with Gasteiger partial charge in [0.25, 0.3) is 7.82 Å². The highest BCUT2D eigenvalue weighted by Gasteiger charge is 2.23. The van der Waals surface area contributed by atoms with Gasteiger partial charge >= 0.3 is 0 Å². The largest absolute Gasteiger partial charge is 0.756 e. The predicted molar refractivity (Wildman–Crippen MR) is 274 cm³/mol. The fraction of sp³-hybridized carbons (Fsp3) is 0.764. The molecule has 0 saturated heterocycles. The summed E-state index contributed by atoms with van der Waals surface area (Å²) in [5, 5.41) is 13.4. The topological polar surface area (TPSA) is 108 Å². The number of rotatable bonds is 47. The molecule has 0 radical (unpaired) electrons. The van der Waals surface area contributed by atoms with Crippen molar-refractivity contribution in [3.63, 3.8) is 0 Å². The zero-order valence-corrected chi connectivity index (χ0v) is 43.1. The lowest BCUT2D eigenvalue weighted by Crippen LogP contribution is -2.45. The highest BCUT2D eigenvalue weighted by Crippen LogP contribution is 2.38. The van der Waals surface area contributed by atoms with E-state index in [2.05, 4.69) is 73.0 Å². The summed E-state index contributed by atoms with van der Waals surface area (Å²) >= 11 is 0. The van der Waals surface area contributed by atoms with Crippen molar-refractivity contribution in [2.75, 3.05) is 40.9 Å². The van der Waals surface area contributed by atoms with Crippen LogP contribution in [0, 0.1) is 0 Å². The fourth-order valence-corrected chi connectivity index (χ4v) is 8.03. The number of phosphoric ester groups is 1. The molecule has 2 N–H and O–H groups in total. The molecule has 0 heterocycles. The highest BCUT2D eigenvalue weighted by molar-refractivity contribution is 7.45. The lowest BCUT2D eigenvalue weighted by atomic mass is 10.0. The summed E-state index contributed by atoms with van der Waals surface area (Å²) in [7, 11) is 1.25. The van der Waals surface area contributed by atoms with Crippen LogP contribution in [0.15, 0.2) is 72.9 Å². The van der Waals surface area contributed by atoms with Gasteiger partial charge in [0.15, 0.2) is 0 Å². The molecule has 0 spiro atoms. The van der Waals surface area contributed by atoms with Crippen LogP contribution >= 0.6 is 7.82 Å². The molecule has 9 heteroatoms. The normalized spacial score (nSPS) is 14.7. The number of carbonyl (C=O) groups is 1. The van der Waals surface area contributed by atoms with Gasteiger partial charge in [0.2, 0.25) is 5.91 Å². The number of aliphatic hydroxyl groups excluding tert-OH is 1. The number of hydrogen-bond donors (Lipinski definition) is 2. The molecular weight excluding hydrogens is 816 g/mol. The van der Waals surface area contributed by atoms with Gasteiger partial charge in [-0.25, -0.2) is 0 Å². The van der Waals surface area contributed by atoms with Crippen molar-refractivity contribution < 1.29 is 32.9 Å². The molecule has 0 rings (SSSR count). The Hall–Kier alpha value is -2.06. The van der Waals surface area contributed by atoms with Crippen LogP contribution in [0.3, 0.4) is 0 Å². The minimum absolute atomic E-state index is 0.00310. The van der Waals surface area contributed by atoms with Gasteiger partial charge in [-0.3, -0.25) is 9.36 Å². The number of quaternary nitrogens is 1. The van der Waals surface area contributed by atoms with Gasteiger partial charge in [-0.2, -0.15) is 0 Å². The second kappa shape index (κ2) is 46.1. The van der Waals surface area contributed by atoms with Crippen LogP contribution in [0.4, 0.5) is 0 Å². The summed E-state index contributed by atoms with van der Waals surface area (Å²) < 4.78 is 22.9. The third-order valence-electron chi connectivity index (χ3n) is 11.4. The van der Waals surface area contributed by atoms with Gasteiger partial charge in [-0.05, 0) is 57.8 Å². The van der Waals surface area contributed by atoms with Crippen LogP contribution in [0.5, 0.6) is 0 Å². The highest BCUT2D eigenvalue weighted by atomic mass is 31.2. The number of phosphoric acid groups is 1. The fourth-order valence-electron chi connectivity index (χ4n) is 7.31. The van der Waals surface area contributed by atoms with E-state index in [9.17, 15) is 19.4 Å². The van der Waals surface area contributed by atoms with E-state index in [1.807, 2.05) is 34.1 Å². The van der Waals surface area contributed by atoms with Crippen LogP contribution in [0.2, 0.25) is 0 Å². The third-order valence-corrected chi connectivity index (χ3v) is 12.4. The lowest BCUT2D eigenvalue weighted by Gasteiger charge is -2.29. The first-order valence-corrected chi connectivity index (χ1v) is 27.8. The Kier molecular flexibility index (Phi) is 44.6. The number of aliphatic hydroxyl groups is 1. The Balaban J connectivity index is 3.64. The molecule has 3 unspecified atom stereocenters. The quantitative estimate of drug-likeness (QED) is 0.0272. The van der Waals surface area contributed by atoms with Crippen molar-refractivity contribution in [3.05, 3.63) is 72.9 Å². The van der Waals surface area contributed by atoms with E-state index in [0.29, 0.717) is 17.4 Å². The maximum atomic E-state index is 12.7. The zero-order valence-electron chi connectivity index (χ0n) is 42.2. The van der Waals surface area contributed by atoms with Crippen LogP contribution in [-0.2, 0) is 18.4 Å². The molecule has 64 heavy (non-hydrogen) atoms. The minimum Gasteiger partial charge on any atom is -0.756 e. The molecule has 0 bridgehead atoms. The number of nitrogens with one attached hydrogen (secondary N) is 1. The molecule has 3 atom stereocenters. The summed E-state index contributed by atoms with van der Waals surface area (Å²) in [6.07, 6.45) is 63.8. The molecule has 0 saturated carbocycles. The maximum Gasteiger partial charge on any atom is 0.268 e. The molecular formula is C55H101N2O6P. The molecule has 0 aliphatic carbocycles. The number of carbonyl (C=O) groups excluding carboxylic acids is 1. The number of nitrogens with zero attached hydrogens (tertiary/aromatic N) is 1. The molecule has 0 aromatic carbocycles. The molecule has 0 aliphatic rings. The van der Waals surface area contributed by atoms with E-state index in [4.69, 9.17) is 9.05 Å². The van der Waals surface area contributed by atoms with E-state index >= 15 is 0 Å². The zero-order chi connectivity index (χ0) is 47.1. The average Bonchev–Trinajstić information content (AvgIpc) is 3.25. The maximum absolute atomic E-state index is 12.7. The molecule has 8 nitrogen and oxygen atoms in total. The molecule has 1 amide bonds. The van der Waals surface area contributed by atoms with Crippen molar-refractivity contribution in [1.82, 2.24) is 5.32 Å². The van der Waals surface area contributed by atoms with Gasteiger partial charge in [-0.15, -0.1) is 0 Å². The van der Waals surface area contributed by atoms with Crippen LogP contribution in [0.25, 0.3) is 0 Å². The number of amides is 1. The summed E-state index contributed by atoms with van der Waals surface area (Å²) in [4.78, 5) is 25.0. The van der Waals surface area contributed by atoms with Gasteiger partial charge in [0, 0.05) is 6.42 Å². The lowest BCUT2D eigenvalue weighted by molar-refractivity contribution is -0.870. The van der Waals surface area contributed by atoms with Gasteiger partial charge < -0.3 is 28.8 Å². The smallest absolute Gasteiger partial charge is 0.268 e. The Labute approximate surface area is 395 Å². The molecule has 372 valence electrons. The average molecular weight is 917 g/mol. The molecule has 0 aromatic rings. The summed E-state index contributed by atoms with van der Waals surface area (Å²) in [5.41, 5.74) is 0. The van der Waals surface area contributed by atoms with E-state index in [-0.39, 0.29) is 19.1 Å². The Morgan fingerprint density at radius 2 is 0.953 bits per heavy atom. The van der Waals surface area contributed by atoms with Gasteiger partial charge in [-0.1, -0.05) is 228 Å². The second-order valence-electron chi connectivity index (χ2n) is 18.9. The van der Waals surface area contributed by atoms with E-state index in [1.165, 1.54) is 135 Å². The number of allylic oxidation sites excluding steroid dienone is 11. The first-order chi connectivity index (χ1) is 31.0. The SMILES string of the molecule is CC/C=C\C/C=C\C/C=C\C/C=C\C/C=C\CCCCCCCCCCCCCCCCCCCCCCCCCC(=O)NC(COP(=O)([O-])OCC[N+](C)(C)C)C(O)/C=C/CCC.